The number of hydrogen-bond donors (Lipinski definition) is 1. The summed E-state index contributed by atoms with van der Waals surface area (Å²) in [7, 11) is 0. The van der Waals surface area contributed by atoms with Gasteiger partial charge in [0, 0.05) is 11.1 Å². The van der Waals surface area contributed by atoms with Crippen LogP contribution in [0.15, 0.2) is 72.8 Å². The fraction of sp³-hybridized carbons (Fsp3) is 0.208. The minimum Gasteiger partial charge on any atom is -0.485 e. The van der Waals surface area contributed by atoms with E-state index in [4.69, 9.17) is 15.2 Å². The van der Waals surface area contributed by atoms with E-state index in [1.54, 1.807) is 0 Å². The molecule has 3 aromatic rings. The first-order chi connectivity index (χ1) is 13.7. The van der Waals surface area contributed by atoms with Gasteiger partial charge in [0.25, 0.3) is 0 Å². The summed E-state index contributed by atoms with van der Waals surface area (Å²) < 4.78 is 12.2. The summed E-state index contributed by atoms with van der Waals surface area (Å²) in [5, 5.41) is 0. The summed E-state index contributed by atoms with van der Waals surface area (Å²) >= 11 is 0. The Hall–Kier alpha value is -3.11. The van der Waals surface area contributed by atoms with Gasteiger partial charge in [-0.1, -0.05) is 60.7 Å². The van der Waals surface area contributed by atoms with E-state index in [0.717, 1.165) is 16.7 Å². The van der Waals surface area contributed by atoms with Crippen LogP contribution in [-0.2, 0) is 19.6 Å². The van der Waals surface area contributed by atoms with Crippen LogP contribution in [0.1, 0.15) is 33.5 Å². The van der Waals surface area contributed by atoms with Gasteiger partial charge in [-0.2, -0.15) is 0 Å². The third kappa shape index (κ3) is 3.92. The van der Waals surface area contributed by atoms with Crippen LogP contribution in [0.2, 0.25) is 0 Å². The van der Waals surface area contributed by atoms with Gasteiger partial charge in [-0.15, -0.1) is 0 Å². The number of ketones is 1. The maximum absolute atomic E-state index is 12.5. The van der Waals surface area contributed by atoms with Gasteiger partial charge < -0.3 is 15.2 Å². The lowest BCUT2D eigenvalue weighted by molar-refractivity contribution is 0.0947. The standard InChI is InChI=1S/C24H23NO3/c25-21-13-11-20-19(23(21)26)12-14-22(27-15-17-7-3-1-4-8-17)24(20)28-16-18-9-5-2-6-10-18/h1-10,12,14,21H,11,13,15-16,25H2. The van der Waals surface area contributed by atoms with Crippen LogP contribution in [0, 0.1) is 0 Å². The Balaban J connectivity index is 1.63. The number of benzene rings is 3. The molecule has 0 amide bonds. The highest BCUT2D eigenvalue weighted by Crippen LogP contribution is 2.38. The molecule has 0 aliphatic heterocycles. The highest BCUT2D eigenvalue weighted by molar-refractivity contribution is 6.03. The van der Waals surface area contributed by atoms with Crippen molar-refractivity contribution in [2.45, 2.75) is 32.1 Å². The number of ether oxygens (including phenoxy) is 2. The summed E-state index contributed by atoms with van der Waals surface area (Å²) in [5.41, 5.74) is 9.64. The van der Waals surface area contributed by atoms with Crippen molar-refractivity contribution in [1.29, 1.82) is 0 Å². The molecule has 4 heteroatoms. The van der Waals surface area contributed by atoms with E-state index >= 15 is 0 Å². The van der Waals surface area contributed by atoms with Gasteiger partial charge in [0.2, 0.25) is 0 Å². The molecule has 3 aromatic carbocycles. The maximum atomic E-state index is 12.5. The lowest BCUT2D eigenvalue weighted by Gasteiger charge is -2.24. The van der Waals surface area contributed by atoms with Gasteiger partial charge in [0.1, 0.15) is 13.2 Å². The van der Waals surface area contributed by atoms with Crippen molar-refractivity contribution in [3.8, 4) is 11.5 Å². The van der Waals surface area contributed by atoms with E-state index in [1.807, 2.05) is 72.8 Å². The van der Waals surface area contributed by atoms with Crippen LogP contribution in [0.4, 0.5) is 0 Å². The Morgan fingerprint density at radius 3 is 2.07 bits per heavy atom. The van der Waals surface area contributed by atoms with Crippen molar-refractivity contribution >= 4 is 5.78 Å². The van der Waals surface area contributed by atoms with Gasteiger partial charge in [-0.3, -0.25) is 4.79 Å². The molecule has 4 rings (SSSR count). The average Bonchev–Trinajstić information content (AvgIpc) is 2.75. The molecule has 4 nitrogen and oxygen atoms in total. The molecule has 0 spiro atoms. The number of Topliss-reactive ketones (excluding diaryl/α,β-unsaturated/α-hetero) is 1. The van der Waals surface area contributed by atoms with Crippen LogP contribution in [-0.4, -0.2) is 11.8 Å². The fourth-order valence-electron chi connectivity index (χ4n) is 3.45. The molecule has 1 aliphatic rings. The number of rotatable bonds is 6. The van der Waals surface area contributed by atoms with Gasteiger partial charge in [-0.25, -0.2) is 0 Å². The second-order valence-corrected chi connectivity index (χ2v) is 6.98. The Kier molecular flexibility index (Phi) is 5.40. The topological polar surface area (TPSA) is 61.6 Å². The first-order valence-electron chi connectivity index (χ1n) is 9.51. The Labute approximate surface area is 164 Å². The Morgan fingerprint density at radius 2 is 1.43 bits per heavy atom. The molecule has 0 saturated heterocycles. The van der Waals surface area contributed by atoms with E-state index in [9.17, 15) is 4.79 Å². The molecule has 0 bridgehead atoms. The van der Waals surface area contributed by atoms with Gasteiger partial charge >= 0.3 is 0 Å². The van der Waals surface area contributed by atoms with Crippen molar-refractivity contribution in [2.24, 2.45) is 5.73 Å². The van der Waals surface area contributed by atoms with E-state index in [-0.39, 0.29) is 5.78 Å². The summed E-state index contributed by atoms with van der Waals surface area (Å²) in [4.78, 5) is 12.5. The molecular formula is C24H23NO3. The summed E-state index contributed by atoms with van der Waals surface area (Å²) in [5.74, 6) is 1.28. The summed E-state index contributed by atoms with van der Waals surface area (Å²) in [6, 6.07) is 23.1. The number of nitrogens with two attached hydrogens (primary N) is 1. The normalized spacial score (nSPS) is 15.8. The van der Waals surface area contributed by atoms with Crippen molar-refractivity contribution in [1.82, 2.24) is 0 Å². The molecular weight excluding hydrogens is 350 g/mol. The average molecular weight is 373 g/mol. The Bertz CT molecular complexity index is 954. The van der Waals surface area contributed by atoms with Crippen LogP contribution in [0.5, 0.6) is 11.5 Å². The molecule has 0 fully saturated rings. The Morgan fingerprint density at radius 1 is 0.821 bits per heavy atom. The molecule has 0 heterocycles. The molecule has 1 unspecified atom stereocenters. The van der Waals surface area contributed by atoms with Crippen LogP contribution in [0.3, 0.4) is 0 Å². The largest absolute Gasteiger partial charge is 0.485 e. The molecule has 1 aliphatic carbocycles. The third-order valence-corrected chi connectivity index (χ3v) is 5.00. The van der Waals surface area contributed by atoms with Crippen molar-refractivity contribution < 1.29 is 14.3 Å². The van der Waals surface area contributed by atoms with Crippen molar-refractivity contribution in [3.63, 3.8) is 0 Å². The van der Waals surface area contributed by atoms with Crippen LogP contribution in [0.25, 0.3) is 0 Å². The lowest BCUT2D eigenvalue weighted by Crippen LogP contribution is -2.35. The first-order valence-corrected chi connectivity index (χ1v) is 9.51. The predicted molar refractivity (Wildman–Crippen MR) is 109 cm³/mol. The van der Waals surface area contributed by atoms with E-state index in [0.29, 0.717) is 43.1 Å². The molecule has 2 N–H and O–H groups in total. The SMILES string of the molecule is NC1CCc2c(ccc(OCc3ccccc3)c2OCc2ccccc2)C1=O. The highest BCUT2D eigenvalue weighted by Gasteiger charge is 2.28. The van der Waals surface area contributed by atoms with Crippen molar-refractivity contribution in [2.75, 3.05) is 0 Å². The van der Waals surface area contributed by atoms with E-state index < -0.39 is 6.04 Å². The van der Waals surface area contributed by atoms with E-state index in [1.165, 1.54) is 0 Å². The first kappa shape index (κ1) is 18.3. The van der Waals surface area contributed by atoms with Gasteiger partial charge in [-0.05, 0) is 36.1 Å². The number of carbonyl (C=O) groups excluding carboxylic acids is 1. The third-order valence-electron chi connectivity index (χ3n) is 5.00. The fourth-order valence-corrected chi connectivity index (χ4v) is 3.45. The zero-order valence-electron chi connectivity index (χ0n) is 15.6. The smallest absolute Gasteiger partial charge is 0.179 e. The molecule has 142 valence electrons. The maximum Gasteiger partial charge on any atom is 0.179 e. The second-order valence-electron chi connectivity index (χ2n) is 6.98. The lowest BCUT2D eigenvalue weighted by atomic mass is 9.86. The molecule has 28 heavy (non-hydrogen) atoms. The minimum absolute atomic E-state index is 0.0274. The summed E-state index contributed by atoms with van der Waals surface area (Å²) in [6.07, 6.45) is 1.32. The van der Waals surface area contributed by atoms with E-state index in [2.05, 4.69) is 0 Å². The molecule has 0 radical (unpaired) electrons. The highest BCUT2D eigenvalue weighted by atomic mass is 16.5. The zero-order valence-corrected chi connectivity index (χ0v) is 15.6. The monoisotopic (exact) mass is 373 g/mol. The number of hydrogen-bond acceptors (Lipinski definition) is 4. The number of fused-ring (bicyclic) bond motifs is 1. The molecule has 0 aromatic heterocycles. The summed E-state index contributed by atoms with van der Waals surface area (Å²) in [6.45, 7) is 0.855. The minimum atomic E-state index is -0.439. The van der Waals surface area contributed by atoms with Crippen molar-refractivity contribution in [3.05, 3.63) is 95.1 Å². The predicted octanol–water partition coefficient (Wildman–Crippen LogP) is 4.30. The quantitative estimate of drug-likeness (QED) is 0.700. The molecule has 1 atom stereocenters. The second kappa shape index (κ2) is 8.28. The molecule has 0 saturated carbocycles. The van der Waals surface area contributed by atoms with Gasteiger partial charge in [0.05, 0.1) is 6.04 Å². The zero-order chi connectivity index (χ0) is 19.3. The van der Waals surface area contributed by atoms with Crippen LogP contribution < -0.4 is 15.2 Å². The van der Waals surface area contributed by atoms with Gasteiger partial charge in [0.15, 0.2) is 17.3 Å². The number of carbonyl (C=O) groups is 1. The van der Waals surface area contributed by atoms with Crippen LogP contribution >= 0.6 is 0 Å².